The number of ether oxygens (including phenoxy) is 1. The van der Waals surface area contributed by atoms with Crippen molar-refractivity contribution in [1.82, 2.24) is 15.1 Å². The molecule has 1 atom stereocenters. The van der Waals surface area contributed by atoms with Crippen molar-refractivity contribution in [1.29, 1.82) is 0 Å². The molecule has 3 aliphatic rings. The maximum Gasteiger partial charge on any atom is 0.410 e. The molecule has 3 N–H and O–H groups in total. The van der Waals surface area contributed by atoms with Crippen LogP contribution in [0.3, 0.4) is 0 Å². The van der Waals surface area contributed by atoms with Crippen LogP contribution in [0.1, 0.15) is 49.5 Å². The predicted molar refractivity (Wildman–Crippen MR) is 116 cm³/mol. The third-order valence-corrected chi connectivity index (χ3v) is 6.05. The van der Waals surface area contributed by atoms with Crippen LogP contribution in [0.5, 0.6) is 0 Å². The summed E-state index contributed by atoms with van der Waals surface area (Å²) in [4.78, 5) is 54.5. The first-order chi connectivity index (χ1) is 15.0. The largest absolute Gasteiger partial charge is 0.444 e. The molecule has 0 spiro atoms. The summed E-state index contributed by atoms with van der Waals surface area (Å²) in [6.07, 6.45) is -0.138. The van der Waals surface area contributed by atoms with Gasteiger partial charge in [-0.25, -0.2) is 4.79 Å². The lowest BCUT2D eigenvalue weighted by molar-refractivity contribution is -0.142. The van der Waals surface area contributed by atoms with Crippen LogP contribution in [0, 0.1) is 0 Å². The number of rotatable bonds is 2. The number of anilines is 1. The third-order valence-electron chi connectivity index (χ3n) is 6.05. The van der Waals surface area contributed by atoms with Crippen molar-refractivity contribution in [3.8, 4) is 0 Å². The fourth-order valence-electron chi connectivity index (χ4n) is 4.25. The summed E-state index contributed by atoms with van der Waals surface area (Å²) in [5, 5.41) is 2.24. The van der Waals surface area contributed by atoms with Crippen LogP contribution in [0.15, 0.2) is 18.2 Å². The van der Waals surface area contributed by atoms with E-state index in [1.54, 1.807) is 4.90 Å². The van der Waals surface area contributed by atoms with Gasteiger partial charge in [0.15, 0.2) is 5.66 Å². The number of amides is 4. The van der Waals surface area contributed by atoms with Crippen LogP contribution in [-0.4, -0.2) is 71.1 Å². The highest BCUT2D eigenvalue weighted by Crippen LogP contribution is 2.33. The number of carbonyl (C=O) groups excluding carboxylic acids is 4. The molecule has 2 fully saturated rings. The first kappa shape index (κ1) is 22.1. The number of imide groups is 1. The molecule has 32 heavy (non-hydrogen) atoms. The van der Waals surface area contributed by atoms with E-state index in [1.807, 2.05) is 39.0 Å². The highest BCUT2D eigenvalue weighted by molar-refractivity contribution is 6.07. The summed E-state index contributed by atoms with van der Waals surface area (Å²) < 4.78 is 5.44. The summed E-state index contributed by atoms with van der Waals surface area (Å²) in [5.74, 6) is -1.34. The van der Waals surface area contributed by atoms with E-state index >= 15 is 0 Å². The predicted octanol–water partition coefficient (Wildman–Crippen LogP) is 0.791. The maximum absolute atomic E-state index is 13.1. The summed E-state index contributed by atoms with van der Waals surface area (Å²) in [7, 11) is 0. The quantitative estimate of drug-likeness (QED) is 0.648. The average Bonchev–Trinajstić information content (AvgIpc) is 3.06. The third kappa shape index (κ3) is 4.02. The molecule has 0 unspecified atom stereocenters. The number of fused-ring (bicyclic) bond motifs is 1. The fourth-order valence-corrected chi connectivity index (χ4v) is 4.25. The van der Waals surface area contributed by atoms with Crippen LogP contribution >= 0.6 is 0 Å². The zero-order valence-corrected chi connectivity index (χ0v) is 18.6. The van der Waals surface area contributed by atoms with Gasteiger partial charge in [0.05, 0.1) is 0 Å². The van der Waals surface area contributed by atoms with Gasteiger partial charge in [-0.1, -0.05) is 6.07 Å². The highest BCUT2D eigenvalue weighted by atomic mass is 16.6. The summed E-state index contributed by atoms with van der Waals surface area (Å²) in [6.45, 7) is 8.00. The number of nitrogens with zero attached hydrogens (tertiary/aromatic N) is 3. The van der Waals surface area contributed by atoms with Gasteiger partial charge in [-0.2, -0.15) is 0 Å². The van der Waals surface area contributed by atoms with Gasteiger partial charge in [-0.15, -0.1) is 0 Å². The molecule has 4 rings (SSSR count). The molecule has 0 aliphatic carbocycles. The minimum Gasteiger partial charge on any atom is -0.444 e. The van der Waals surface area contributed by atoms with E-state index in [9.17, 15) is 19.2 Å². The summed E-state index contributed by atoms with van der Waals surface area (Å²) in [5.41, 5.74) is 6.38. The van der Waals surface area contributed by atoms with Gasteiger partial charge in [-0.3, -0.25) is 19.7 Å². The van der Waals surface area contributed by atoms with Gasteiger partial charge in [0.25, 0.3) is 11.8 Å². The Bertz CT molecular complexity index is 979. The molecule has 3 aliphatic heterocycles. The lowest BCUT2D eigenvalue weighted by Crippen LogP contribution is -2.68. The Morgan fingerprint density at radius 3 is 2.44 bits per heavy atom. The van der Waals surface area contributed by atoms with Crippen molar-refractivity contribution in [3.63, 3.8) is 0 Å². The van der Waals surface area contributed by atoms with Crippen LogP contribution in [0.4, 0.5) is 10.5 Å². The SMILES string of the molecule is CC(C)(C)OC(=O)N1CCN(c2ccc3c(c2)C(=O)N([C@]2(N)CCC(=O)NC2=O)C3)CC1. The minimum atomic E-state index is -1.54. The lowest BCUT2D eigenvalue weighted by atomic mass is 9.97. The number of hydrogen-bond donors (Lipinski definition) is 2. The smallest absolute Gasteiger partial charge is 0.410 e. The maximum atomic E-state index is 13.1. The van der Waals surface area contributed by atoms with Gasteiger partial charge >= 0.3 is 6.09 Å². The molecule has 172 valence electrons. The molecule has 3 heterocycles. The number of nitrogens with one attached hydrogen (secondary N) is 1. The number of benzene rings is 1. The zero-order valence-electron chi connectivity index (χ0n) is 18.6. The molecule has 0 saturated carbocycles. The van der Waals surface area contributed by atoms with Gasteiger partial charge in [0, 0.05) is 56.8 Å². The molecular formula is C22H29N5O5. The Morgan fingerprint density at radius 2 is 1.81 bits per heavy atom. The van der Waals surface area contributed by atoms with Gasteiger partial charge in [0.1, 0.15) is 5.60 Å². The fraction of sp³-hybridized carbons (Fsp3) is 0.545. The molecule has 0 bridgehead atoms. The van der Waals surface area contributed by atoms with Crippen LogP contribution in [0.2, 0.25) is 0 Å². The number of carbonyl (C=O) groups is 4. The second-order valence-electron chi connectivity index (χ2n) is 9.49. The molecule has 0 aromatic heterocycles. The van der Waals surface area contributed by atoms with Crippen molar-refractivity contribution in [2.24, 2.45) is 5.73 Å². The van der Waals surface area contributed by atoms with Gasteiger partial charge in [-0.05, 0) is 38.5 Å². The average molecular weight is 444 g/mol. The van der Waals surface area contributed by atoms with E-state index in [1.165, 1.54) is 4.90 Å². The van der Waals surface area contributed by atoms with Crippen molar-refractivity contribution in [3.05, 3.63) is 29.3 Å². The zero-order chi connectivity index (χ0) is 23.3. The first-order valence-electron chi connectivity index (χ1n) is 10.8. The van der Waals surface area contributed by atoms with E-state index in [4.69, 9.17) is 10.5 Å². The second kappa shape index (κ2) is 7.77. The molecule has 10 heteroatoms. The summed E-state index contributed by atoms with van der Waals surface area (Å²) in [6, 6.07) is 5.63. The summed E-state index contributed by atoms with van der Waals surface area (Å²) >= 11 is 0. The molecule has 4 amide bonds. The second-order valence-corrected chi connectivity index (χ2v) is 9.49. The Balaban J connectivity index is 1.45. The standard InChI is InChI=1S/C22H29N5O5/c1-21(2,3)32-20(31)26-10-8-25(9-11-26)15-5-4-14-13-27(18(29)16(14)12-15)22(23)7-6-17(28)24-19(22)30/h4-5,12H,6-11,13,23H2,1-3H3,(H,24,28,30)/t22-/m1/s1. The number of piperazine rings is 1. The van der Waals surface area contributed by atoms with E-state index in [-0.39, 0.29) is 37.3 Å². The van der Waals surface area contributed by atoms with E-state index in [0.29, 0.717) is 31.7 Å². The van der Waals surface area contributed by atoms with E-state index in [2.05, 4.69) is 10.2 Å². The number of hydrogen-bond acceptors (Lipinski definition) is 7. The minimum absolute atomic E-state index is 0.0928. The molecular weight excluding hydrogens is 414 g/mol. The van der Waals surface area contributed by atoms with Crippen LogP contribution in [0.25, 0.3) is 0 Å². The van der Waals surface area contributed by atoms with Crippen LogP contribution < -0.4 is 16.0 Å². The van der Waals surface area contributed by atoms with Crippen molar-refractivity contribution >= 4 is 29.5 Å². The Labute approximate surface area is 186 Å². The normalized spacial score (nSPS) is 23.9. The topological polar surface area (TPSA) is 125 Å². The lowest BCUT2D eigenvalue weighted by Gasteiger charge is -2.39. The Hall–Kier alpha value is -3.14. The highest BCUT2D eigenvalue weighted by Gasteiger charge is 2.49. The molecule has 1 aromatic carbocycles. The van der Waals surface area contributed by atoms with Crippen molar-refractivity contribution in [2.75, 3.05) is 31.1 Å². The van der Waals surface area contributed by atoms with Crippen LogP contribution in [-0.2, 0) is 20.9 Å². The number of nitrogens with two attached hydrogens (primary N) is 1. The van der Waals surface area contributed by atoms with Crippen molar-refractivity contribution in [2.45, 2.75) is 51.4 Å². The first-order valence-corrected chi connectivity index (χ1v) is 10.8. The molecule has 2 saturated heterocycles. The molecule has 1 aromatic rings. The Morgan fingerprint density at radius 1 is 1.12 bits per heavy atom. The van der Waals surface area contributed by atoms with Gasteiger partial charge in [0.2, 0.25) is 5.91 Å². The van der Waals surface area contributed by atoms with E-state index < -0.39 is 17.2 Å². The molecule has 0 radical (unpaired) electrons. The number of piperidine rings is 1. The van der Waals surface area contributed by atoms with Crippen molar-refractivity contribution < 1.29 is 23.9 Å². The Kier molecular flexibility index (Phi) is 5.36. The van der Waals surface area contributed by atoms with Gasteiger partial charge < -0.3 is 25.2 Å². The monoisotopic (exact) mass is 443 g/mol. The molecule has 10 nitrogen and oxygen atoms in total. The van der Waals surface area contributed by atoms with E-state index in [0.717, 1.165) is 11.3 Å².